The Morgan fingerprint density at radius 1 is 1.07 bits per heavy atom. The molecule has 1 heterocycles. The van der Waals surface area contributed by atoms with Crippen LogP contribution >= 0.6 is 11.6 Å². The lowest BCUT2D eigenvalue weighted by Crippen LogP contribution is -2.23. The molecule has 4 N–H and O–H groups in total. The van der Waals surface area contributed by atoms with Crippen molar-refractivity contribution in [2.45, 2.75) is 13.2 Å². The van der Waals surface area contributed by atoms with Gasteiger partial charge in [-0.1, -0.05) is 29.8 Å². The lowest BCUT2D eigenvalue weighted by molar-refractivity contribution is 0.102. The van der Waals surface area contributed by atoms with E-state index in [2.05, 4.69) is 15.6 Å². The number of alkyl carbamates (subject to hydrolysis) is 1. The molecule has 0 spiro atoms. The summed E-state index contributed by atoms with van der Waals surface area (Å²) >= 11 is 5.93. The number of nitrogens with two attached hydrogens (primary N) is 1. The number of hydrogen-bond acceptors (Lipinski definition) is 5. The molecule has 8 heteroatoms. The third-order valence-electron chi connectivity index (χ3n) is 4.01. The number of nitrogens with one attached hydrogen (secondary N) is 2. The zero-order valence-electron chi connectivity index (χ0n) is 15.4. The van der Waals surface area contributed by atoms with Crippen LogP contribution in [0.5, 0.6) is 0 Å². The summed E-state index contributed by atoms with van der Waals surface area (Å²) in [6.07, 6.45) is 2.75. The fourth-order valence-electron chi connectivity index (χ4n) is 2.46. The summed E-state index contributed by atoms with van der Waals surface area (Å²) in [4.78, 5) is 28.1. The number of amides is 2. The average Bonchev–Trinajstić information content (AvgIpc) is 2.74. The van der Waals surface area contributed by atoms with Crippen LogP contribution in [0.1, 0.15) is 21.5 Å². The van der Waals surface area contributed by atoms with E-state index in [1.807, 2.05) is 6.07 Å². The molecule has 0 saturated heterocycles. The molecule has 1 aromatic heterocycles. The third kappa shape index (κ3) is 5.95. The molecule has 3 aromatic rings. The highest BCUT2D eigenvalue weighted by atomic mass is 35.5. The van der Waals surface area contributed by atoms with Crippen LogP contribution in [0.25, 0.3) is 0 Å². The Morgan fingerprint density at radius 3 is 2.59 bits per heavy atom. The summed E-state index contributed by atoms with van der Waals surface area (Å²) in [7, 11) is 0. The van der Waals surface area contributed by atoms with Crippen LogP contribution in [0.3, 0.4) is 0 Å². The maximum Gasteiger partial charge on any atom is 0.407 e. The van der Waals surface area contributed by atoms with E-state index in [0.717, 1.165) is 11.1 Å². The smallest absolute Gasteiger partial charge is 0.407 e. The number of halogens is 1. The van der Waals surface area contributed by atoms with Gasteiger partial charge in [0.25, 0.3) is 5.91 Å². The van der Waals surface area contributed by atoms with E-state index in [1.165, 1.54) is 0 Å². The molecular weight excluding hydrogens is 392 g/mol. The molecule has 3 rings (SSSR count). The topological polar surface area (TPSA) is 106 Å². The molecule has 0 radical (unpaired) electrons. The van der Waals surface area contributed by atoms with E-state index in [0.29, 0.717) is 22.0 Å². The van der Waals surface area contributed by atoms with Gasteiger partial charge in [0.05, 0.1) is 11.4 Å². The fraction of sp³-hybridized carbons (Fsp3) is 0.0952. The van der Waals surface area contributed by atoms with E-state index >= 15 is 0 Å². The van der Waals surface area contributed by atoms with Gasteiger partial charge in [-0.25, -0.2) is 4.79 Å². The summed E-state index contributed by atoms with van der Waals surface area (Å²) in [6, 6.07) is 15.3. The van der Waals surface area contributed by atoms with Crippen LogP contribution in [-0.4, -0.2) is 17.0 Å². The molecule has 2 aromatic carbocycles. The van der Waals surface area contributed by atoms with Gasteiger partial charge in [-0.2, -0.15) is 0 Å². The Labute approximate surface area is 172 Å². The molecule has 0 aliphatic rings. The van der Waals surface area contributed by atoms with Crippen LogP contribution in [0.4, 0.5) is 16.2 Å². The number of nitrogens with zero attached hydrogens (tertiary/aromatic N) is 1. The number of rotatable bonds is 6. The highest BCUT2D eigenvalue weighted by Gasteiger charge is 2.09. The Bertz CT molecular complexity index is 995. The van der Waals surface area contributed by atoms with Gasteiger partial charge in [-0.15, -0.1) is 0 Å². The van der Waals surface area contributed by atoms with E-state index in [1.54, 1.807) is 60.9 Å². The molecule has 2 amide bonds. The Hall–Kier alpha value is -3.58. The normalized spacial score (nSPS) is 10.2. The van der Waals surface area contributed by atoms with Crippen molar-refractivity contribution >= 4 is 35.0 Å². The Morgan fingerprint density at radius 2 is 1.86 bits per heavy atom. The lowest BCUT2D eigenvalue weighted by atomic mass is 10.1. The number of anilines is 2. The third-order valence-corrected chi connectivity index (χ3v) is 4.24. The van der Waals surface area contributed by atoms with Gasteiger partial charge >= 0.3 is 6.09 Å². The standard InChI is InChI=1S/C21H19ClN4O3/c22-17-7-8-18(23)19(10-17)26-20(27)16-5-3-14(4-6-16)12-25-21(28)29-13-15-2-1-9-24-11-15/h1-11H,12-13,23H2,(H,25,28)(H,26,27). The average molecular weight is 411 g/mol. The lowest BCUT2D eigenvalue weighted by Gasteiger charge is -2.10. The highest BCUT2D eigenvalue weighted by molar-refractivity contribution is 6.31. The van der Waals surface area contributed by atoms with Gasteiger partial charge in [0.2, 0.25) is 0 Å². The first-order chi connectivity index (χ1) is 14.0. The molecule has 7 nitrogen and oxygen atoms in total. The SMILES string of the molecule is Nc1ccc(Cl)cc1NC(=O)c1ccc(CNC(=O)OCc2cccnc2)cc1. The molecular formula is C21H19ClN4O3. The van der Waals surface area contributed by atoms with E-state index in [9.17, 15) is 9.59 Å². The Balaban J connectivity index is 1.50. The van der Waals surface area contributed by atoms with Gasteiger partial charge in [0.1, 0.15) is 6.61 Å². The van der Waals surface area contributed by atoms with Crippen molar-refractivity contribution in [3.05, 3.63) is 88.7 Å². The first-order valence-electron chi connectivity index (χ1n) is 8.76. The molecule has 0 fully saturated rings. The second-order valence-electron chi connectivity index (χ2n) is 6.17. The molecule has 0 aliphatic heterocycles. The second kappa shape index (κ2) is 9.57. The summed E-state index contributed by atoms with van der Waals surface area (Å²) in [5.41, 5.74) is 8.79. The molecule has 148 valence electrons. The predicted molar refractivity (Wildman–Crippen MR) is 112 cm³/mol. The number of hydrogen-bond donors (Lipinski definition) is 3. The molecule has 0 atom stereocenters. The maximum atomic E-state index is 12.4. The number of benzene rings is 2. The molecule has 0 unspecified atom stereocenters. The molecule has 0 bridgehead atoms. The molecule has 0 saturated carbocycles. The van der Waals surface area contributed by atoms with E-state index < -0.39 is 6.09 Å². The van der Waals surface area contributed by atoms with E-state index in [-0.39, 0.29) is 19.1 Å². The van der Waals surface area contributed by atoms with Crippen LogP contribution < -0.4 is 16.4 Å². The number of pyridine rings is 1. The van der Waals surface area contributed by atoms with E-state index in [4.69, 9.17) is 22.1 Å². The quantitative estimate of drug-likeness (QED) is 0.532. The monoisotopic (exact) mass is 410 g/mol. The van der Waals surface area contributed by atoms with Crippen LogP contribution in [0.15, 0.2) is 67.0 Å². The minimum absolute atomic E-state index is 0.144. The second-order valence-corrected chi connectivity index (χ2v) is 6.61. The summed E-state index contributed by atoms with van der Waals surface area (Å²) in [5.74, 6) is -0.311. The van der Waals surface area contributed by atoms with Crippen molar-refractivity contribution < 1.29 is 14.3 Å². The summed E-state index contributed by atoms with van der Waals surface area (Å²) in [6.45, 7) is 0.417. The number of carbonyl (C=O) groups excluding carboxylic acids is 2. The van der Waals surface area contributed by atoms with Crippen molar-refractivity contribution in [3.63, 3.8) is 0 Å². The molecule has 29 heavy (non-hydrogen) atoms. The first kappa shape index (κ1) is 20.2. The zero-order valence-corrected chi connectivity index (χ0v) is 16.1. The number of aromatic nitrogens is 1. The van der Waals surface area contributed by atoms with Crippen LogP contribution in [0.2, 0.25) is 5.02 Å². The fourth-order valence-corrected chi connectivity index (χ4v) is 2.63. The minimum atomic E-state index is -0.535. The minimum Gasteiger partial charge on any atom is -0.445 e. The predicted octanol–water partition coefficient (Wildman–Crippen LogP) is 4.00. The maximum absolute atomic E-state index is 12.4. The van der Waals surface area contributed by atoms with Crippen molar-refractivity contribution in [1.82, 2.24) is 10.3 Å². The van der Waals surface area contributed by atoms with Crippen LogP contribution in [-0.2, 0) is 17.9 Å². The van der Waals surface area contributed by atoms with Crippen molar-refractivity contribution in [3.8, 4) is 0 Å². The van der Waals surface area contributed by atoms with Crippen molar-refractivity contribution in [2.24, 2.45) is 0 Å². The van der Waals surface area contributed by atoms with Gasteiger partial charge in [-0.3, -0.25) is 9.78 Å². The van der Waals surface area contributed by atoms with Gasteiger partial charge in [0, 0.05) is 35.1 Å². The van der Waals surface area contributed by atoms with Crippen LogP contribution in [0, 0.1) is 0 Å². The molecule has 0 aliphatic carbocycles. The highest BCUT2D eigenvalue weighted by Crippen LogP contribution is 2.23. The van der Waals surface area contributed by atoms with Gasteiger partial charge < -0.3 is 21.1 Å². The van der Waals surface area contributed by atoms with Gasteiger partial charge in [0.15, 0.2) is 0 Å². The van der Waals surface area contributed by atoms with Gasteiger partial charge in [-0.05, 0) is 42.0 Å². The number of ether oxygens (including phenoxy) is 1. The summed E-state index contributed by atoms with van der Waals surface area (Å²) in [5, 5.41) is 5.86. The van der Waals surface area contributed by atoms with Crippen molar-refractivity contribution in [1.29, 1.82) is 0 Å². The largest absolute Gasteiger partial charge is 0.445 e. The Kier molecular flexibility index (Phi) is 6.65. The zero-order chi connectivity index (χ0) is 20.6. The first-order valence-corrected chi connectivity index (χ1v) is 9.14. The summed E-state index contributed by atoms with van der Waals surface area (Å²) < 4.78 is 5.12. The number of nitrogen functional groups attached to an aromatic ring is 1. The van der Waals surface area contributed by atoms with Crippen molar-refractivity contribution in [2.75, 3.05) is 11.1 Å². The number of carbonyl (C=O) groups is 2.